The molecule has 0 atom stereocenters. The molecule has 2 aliphatic rings. The summed E-state index contributed by atoms with van der Waals surface area (Å²) in [7, 11) is 0. The minimum Gasteiger partial charge on any atom is -0.352 e. The largest absolute Gasteiger partial charge is 0.352 e. The molecule has 2 N–H and O–H groups in total. The van der Waals surface area contributed by atoms with Crippen LogP contribution in [0, 0.1) is 0 Å². The molecule has 1 amide bonds. The van der Waals surface area contributed by atoms with E-state index in [2.05, 4.69) is 27.7 Å². The highest BCUT2D eigenvalue weighted by molar-refractivity contribution is 5.78. The summed E-state index contributed by atoms with van der Waals surface area (Å²) in [6, 6.07) is 0.345. The Balaban J connectivity index is 1.68. The molecule has 0 aromatic heterocycles. The molecule has 0 spiro atoms. The van der Waals surface area contributed by atoms with E-state index in [0.29, 0.717) is 12.6 Å². The molecule has 0 unspecified atom stereocenters. The van der Waals surface area contributed by atoms with Gasteiger partial charge in [-0.15, -0.1) is 0 Å². The molecule has 1 aliphatic carbocycles. The van der Waals surface area contributed by atoms with Crippen LogP contribution in [0.1, 0.15) is 19.3 Å². The van der Waals surface area contributed by atoms with Gasteiger partial charge in [0, 0.05) is 19.1 Å². The first-order chi connectivity index (χ1) is 7.84. The molecule has 0 bridgehead atoms. The average molecular weight is 223 g/mol. The van der Waals surface area contributed by atoms with Crippen LogP contribution in [0.2, 0.25) is 0 Å². The first-order valence-electron chi connectivity index (χ1n) is 6.22. The van der Waals surface area contributed by atoms with Crippen molar-refractivity contribution in [2.75, 3.05) is 32.7 Å². The van der Waals surface area contributed by atoms with Gasteiger partial charge in [-0.3, -0.25) is 9.69 Å². The Bertz CT molecular complexity index is 249. The van der Waals surface area contributed by atoms with Crippen LogP contribution in [0.3, 0.4) is 0 Å². The van der Waals surface area contributed by atoms with Gasteiger partial charge in [0.05, 0.1) is 6.54 Å². The zero-order valence-electron chi connectivity index (χ0n) is 9.74. The topological polar surface area (TPSA) is 44.4 Å². The third-order valence-electron chi connectivity index (χ3n) is 3.17. The van der Waals surface area contributed by atoms with Gasteiger partial charge in [-0.1, -0.05) is 12.2 Å². The molecule has 16 heavy (non-hydrogen) atoms. The Hall–Kier alpha value is -0.870. The number of carbonyl (C=O) groups excluding carboxylic acids is 1. The Labute approximate surface area is 97.1 Å². The molecular weight excluding hydrogens is 202 g/mol. The van der Waals surface area contributed by atoms with Gasteiger partial charge in [-0.05, 0) is 32.4 Å². The SMILES string of the molecule is O=C(CN1CCCNCC1)NC1CC=CC1. The van der Waals surface area contributed by atoms with E-state index in [4.69, 9.17) is 0 Å². The molecular formula is C12H21N3O. The Morgan fingerprint density at radius 3 is 2.94 bits per heavy atom. The summed E-state index contributed by atoms with van der Waals surface area (Å²) in [4.78, 5) is 14.0. The third kappa shape index (κ3) is 3.61. The number of nitrogens with zero attached hydrogens (tertiary/aromatic N) is 1. The van der Waals surface area contributed by atoms with E-state index in [1.54, 1.807) is 0 Å². The van der Waals surface area contributed by atoms with Crippen LogP contribution in [0.15, 0.2) is 12.2 Å². The van der Waals surface area contributed by atoms with Crippen LogP contribution in [-0.2, 0) is 4.79 Å². The van der Waals surface area contributed by atoms with E-state index in [1.165, 1.54) is 0 Å². The highest BCUT2D eigenvalue weighted by Gasteiger charge is 2.16. The molecule has 2 rings (SSSR count). The van der Waals surface area contributed by atoms with Crippen molar-refractivity contribution in [3.05, 3.63) is 12.2 Å². The van der Waals surface area contributed by atoms with E-state index in [1.807, 2.05) is 0 Å². The monoisotopic (exact) mass is 223 g/mol. The molecule has 0 saturated carbocycles. The number of amides is 1. The quantitative estimate of drug-likeness (QED) is 0.668. The number of hydrogen-bond acceptors (Lipinski definition) is 3. The van der Waals surface area contributed by atoms with Crippen molar-refractivity contribution in [1.29, 1.82) is 0 Å². The van der Waals surface area contributed by atoms with Gasteiger partial charge >= 0.3 is 0 Å². The van der Waals surface area contributed by atoms with Gasteiger partial charge in [0.1, 0.15) is 0 Å². The fourth-order valence-corrected chi connectivity index (χ4v) is 2.27. The minimum atomic E-state index is 0.176. The molecule has 1 heterocycles. The molecule has 4 heteroatoms. The minimum absolute atomic E-state index is 0.176. The number of hydrogen-bond donors (Lipinski definition) is 2. The van der Waals surface area contributed by atoms with Gasteiger partial charge in [0.2, 0.25) is 5.91 Å². The summed E-state index contributed by atoms with van der Waals surface area (Å²) >= 11 is 0. The van der Waals surface area contributed by atoms with Gasteiger partial charge in [-0.2, -0.15) is 0 Å². The van der Waals surface area contributed by atoms with Crippen molar-refractivity contribution >= 4 is 5.91 Å². The molecule has 1 fully saturated rings. The maximum Gasteiger partial charge on any atom is 0.234 e. The smallest absolute Gasteiger partial charge is 0.234 e. The van der Waals surface area contributed by atoms with E-state index >= 15 is 0 Å². The summed E-state index contributed by atoms with van der Waals surface area (Å²) in [5, 5.41) is 6.42. The van der Waals surface area contributed by atoms with Crippen molar-refractivity contribution in [3.63, 3.8) is 0 Å². The second-order valence-electron chi connectivity index (χ2n) is 4.59. The molecule has 1 saturated heterocycles. The molecule has 0 aromatic carbocycles. The lowest BCUT2D eigenvalue weighted by Crippen LogP contribution is -2.42. The predicted octanol–water partition coefficient (Wildman–Crippen LogP) is 0.117. The van der Waals surface area contributed by atoms with Crippen LogP contribution in [0.5, 0.6) is 0 Å². The highest BCUT2D eigenvalue weighted by atomic mass is 16.2. The zero-order valence-corrected chi connectivity index (χ0v) is 9.74. The molecule has 0 radical (unpaired) electrons. The van der Waals surface area contributed by atoms with Gasteiger partial charge < -0.3 is 10.6 Å². The van der Waals surface area contributed by atoms with Crippen LogP contribution in [0.25, 0.3) is 0 Å². The van der Waals surface area contributed by atoms with E-state index in [0.717, 1.165) is 45.4 Å². The zero-order chi connectivity index (χ0) is 11.2. The molecule has 0 aromatic rings. The van der Waals surface area contributed by atoms with E-state index in [9.17, 15) is 4.79 Å². The normalized spacial score (nSPS) is 23.2. The lowest BCUT2D eigenvalue weighted by molar-refractivity contribution is -0.122. The Morgan fingerprint density at radius 2 is 2.12 bits per heavy atom. The average Bonchev–Trinajstić information content (AvgIpc) is 2.62. The fourth-order valence-electron chi connectivity index (χ4n) is 2.27. The van der Waals surface area contributed by atoms with Crippen LogP contribution >= 0.6 is 0 Å². The van der Waals surface area contributed by atoms with Crippen molar-refractivity contribution in [1.82, 2.24) is 15.5 Å². The summed E-state index contributed by atoms with van der Waals surface area (Å²) in [5.41, 5.74) is 0. The highest BCUT2D eigenvalue weighted by Crippen LogP contribution is 2.08. The van der Waals surface area contributed by atoms with Crippen LogP contribution in [-0.4, -0.2) is 49.6 Å². The molecule has 4 nitrogen and oxygen atoms in total. The number of nitrogens with one attached hydrogen (secondary N) is 2. The molecule has 1 aliphatic heterocycles. The number of carbonyl (C=O) groups is 1. The first-order valence-corrected chi connectivity index (χ1v) is 6.22. The van der Waals surface area contributed by atoms with Crippen LogP contribution < -0.4 is 10.6 Å². The summed E-state index contributed by atoms with van der Waals surface area (Å²) in [6.45, 7) is 4.64. The van der Waals surface area contributed by atoms with Crippen molar-refractivity contribution < 1.29 is 4.79 Å². The van der Waals surface area contributed by atoms with Crippen molar-refractivity contribution in [2.45, 2.75) is 25.3 Å². The summed E-state index contributed by atoms with van der Waals surface area (Å²) in [6.07, 6.45) is 7.40. The van der Waals surface area contributed by atoms with Gasteiger partial charge in [-0.25, -0.2) is 0 Å². The number of rotatable bonds is 3. The first kappa shape index (κ1) is 11.6. The Kier molecular flexibility index (Phi) is 4.36. The summed E-state index contributed by atoms with van der Waals surface area (Å²) < 4.78 is 0. The second kappa shape index (κ2) is 6.01. The maximum absolute atomic E-state index is 11.8. The van der Waals surface area contributed by atoms with Gasteiger partial charge in [0.15, 0.2) is 0 Å². The maximum atomic E-state index is 11.8. The van der Waals surface area contributed by atoms with Crippen molar-refractivity contribution in [2.24, 2.45) is 0 Å². The van der Waals surface area contributed by atoms with Gasteiger partial charge in [0.25, 0.3) is 0 Å². The Morgan fingerprint density at radius 1 is 1.31 bits per heavy atom. The molecule has 90 valence electrons. The van der Waals surface area contributed by atoms with E-state index < -0.39 is 0 Å². The lowest BCUT2D eigenvalue weighted by Gasteiger charge is -2.20. The van der Waals surface area contributed by atoms with Crippen molar-refractivity contribution in [3.8, 4) is 0 Å². The fraction of sp³-hybridized carbons (Fsp3) is 0.750. The lowest BCUT2D eigenvalue weighted by atomic mass is 10.2. The standard InChI is InChI=1S/C12H21N3O/c16-12(14-11-4-1-2-5-11)10-15-8-3-6-13-7-9-15/h1-2,11,13H,3-10H2,(H,14,16). The third-order valence-corrected chi connectivity index (χ3v) is 3.17. The summed E-state index contributed by atoms with van der Waals surface area (Å²) in [5.74, 6) is 0.176. The predicted molar refractivity (Wildman–Crippen MR) is 64.2 cm³/mol. The second-order valence-corrected chi connectivity index (χ2v) is 4.59. The van der Waals surface area contributed by atoms with E-state index in [-0.39, 0.29) is 5.91 Å². The van der Waals surface area contributed by atoms with Crippen LogP contribution in [0.4, 0.5) is 0 Å².